The van der Waals surface area contributed by atoms with Crippen molar-refractivity contribution in [1.82, 2.24) is 24.9 Å². The zero-order valence-corrected chi connectivity index (χ0v) is 12.8. The Morgan fingerprint density at radius 3 is 2.90 bits per heavy atom. The van der Waals surface area contributed by atoms with Gasteiger partial charge in [0.05, 0.1) is 11.6 Å². The summed E-state index contributed by atoms with van der Waals surface area (Å²) in [6.45, 7) is 2.73. The van der Waals surface area contributed by atoms with Crippen LogP contribution in [0.15, 0.2) is 27.6 Å². The Kier molecular flexibility index (Phi) is 4.76. The average Bonchev–Trinajstić information content (AvgIpc) is 2.92. The number of nitrogens with zero attached hydrogens (tertiary/aromatic N) is 4. The van der Waals surface area contributed by atoms with Crippen LogP contribution in [0.2, 0.25) is 0 Å². The second-order valence-corrected chi connectivity index (χ2v) is 5.03. The zero-order valence-electron chi connectivity index (χ0n) is 11.9. The number of hydrogen-bond donors (Lipinski definition) is 1. The van der Waals surface area contributed by atoms with E-state index in [-0.39, 0.29) is 24.0 Å². The van der Waals surface area contributed by atoms with Crippen LogP contribution in [-0.4, -0.2) is 46.3 Å². The monoisotopic (exact) mass is 311 g/mol. The van der Waals surface area contributed by atoms with Crippen molar-refractivity contribution in [3.05, 3.63) is 34.5 Å². The molecule has 1 aliphatic heterocycles. The normalized spacial score (nSPS) is 19.2. The van der Waals surface area contributed by atoms with E-state index in [1.807, 2.05) is 7.05 Å². The number of hydrogen-bond acceptors (Lipinski definition) is 6. The zero-order chi connectivity index (χ0) is 14.1. The van der Waals surface area contributed by atoms with Crippen LogP contribution < -0.4 is 10.9 Å². The summed E-state index contributed by atoms with van der Waals surface area (Å²) in [4.78, 5) is 18.0. The Morgan fingerprint density at radius 1 is 1.38 bits per heavy atom. The molecule has 1 unspecified atom stereocenters. The fourth-order valence-corrected chi connectivity index (χ4v) is 2.30. The molecule has 2 aromatic heterocycles. The van der Waals surface area contributed by atoms with Gasteiger partial charge in [0.15, 0.2) is 5.82 Å². The second-order valence-electron chi connectivity index (χ2n) is 5.03. The maximum Gasteiger partial charge on any atom is 0.259 e. The molecule has 1 saturated heterocycles. The van der Waals surface area contributed by atoms with Crippen molar-refractivity contribution in [3.63, 3.8) is 0 Å². The molecule has 0 bridgehead atoms. The molecular weight excluding hydrogens is 294 g/mol. The Balaban J connectivity index is 0.00000161. The molecule has 21 heavy (non-hydrogen) atoms. The molecule has 1 fully saturated rings. The van der Waals surface area contributed by atoms with Crippen molar-refractivity contribution < 1.29 is 4.52 Å². The van der Waals surface area contributed by atoms with Crippen LogP contribution in [0, 0.1) is 0 Å². The summed E-state index contributed by atoms with van der Waals surface area (Å²) in [5.74, 6) is 1.11. The summed E-state index contributed by atoms with van der Waals surface area (Å²) in [5, 5.41) is 7.38. The Labute approximate surface area is 128 Å². The first kappa shape index (κ1) is 15.7. The minimum atomic E-state index is -0.0651. The number of aryl methyl sites for hydroxylation is 1. The molecule has 0 amide bonds. The van der Waals surface area contributed by atoms with Crippen molar-refractivity contribution in [2.45, 2.75) is 6.04 Å². The third-order valence-electron chi connectivity index (χ3n) is 3.58. The number of pyridine rings is 1. The molecule has 0 aliphatic carbocycles. The van der Waals surface area contributed by atoms with Gasteiger partial charge in [0.25, 0.3) is 5.89 Å². The van der Waals surface area contributed by atoms with Gasteiger partial charge in [-0.3, -0.25) is 9.69 Å². The summed E-state index contributed by atoms with van der Waals surface area (Å²) in [7, 11) is 3.75. The number of rotatable bonds is 2. The molecule has 114 valence electrons. The van der Waals surface area contributed by atoms with Gasteiger partial charge in [-0.05, 0) is 13.1 Å². The summed E-state index contributed by atoms with van der Waals surface area (Å²) in [5.41, 5.74) is 0.682. The summed E-state index contributed by atoms with van der Waals surface area (Å²) in [6, 6.07) is 3.31. The van der Waals surface area contributed by atoms with E-state index in [0.29, 0.717) is 11.7 Å². The van der Waals surface area contributed by atoms with Gasteiger partial charge >= 0.3 is 0 Å². The Bertz CT molecular complexity index is 669. The second kappa shape index (κ2) is 6.38. The van der Waals surface area contributed by atoms with Crippen molar-refractivity contribution >= 4 is 12.4 Å². The van der Waals surface area contributed by atoms with Gasteiger partial charge in [0.2, 0.25) is 5.56 Å². The van der Waals surface area contributed by atoms with Crippen LogP contribution in [-0.2, 0) is 7.05 Å². The minimum absolute atomic E-state index is 0. The van der Waals surface area contributed by atoms with Crippen LogP contribution in [0.5, 0.6) is 0 Å². The van der Waals surface area contributed by atoms with Crippen LogP contribution >= 0.6 is 12.4 Å². The Morgan fingerprint density at radius 2 is 2.19 bits per heavy atom. The molecule has 1 atom stereocenters. The highest BCUT2D eigenvalue weighted by Crippen LogP contribution is 2.21. The van der Waals surface area contributed by atoms with Gasteiger partial charge in [-0.25, -0.2) is 0 Å². The Hall–Kier alpha value is -1.70. The molecule has 0 radical (unpaired) electrons. The van der Waals surface area contributed by atoms with E-state index >= 15 is 0 Å². The number of aromatic nitrogens is 3. The van der Waals surface area contributed by atoms with Crippen LogP contribution in [0.4, 0.5) is 0 Å². The molecule has 1 aliphatic rings. The van der Waals surface area contributed by atoms with Gasteiger partial charge in [-0.1, -0.05) is 5.16 Å². The summed E-state index contributed by atoms with van der Waals surface area (Å²) >= 11 is 0. The highest BCUT2D eigenvalue weighted by Gasteiger charge is 2.25. The van der Waals surface area contributed by atoms with Crippen molar-refractivity contribution in [2.75, 3.05) is 26.7 Å². The van der Waals surface area contributed by atoms with E-state index in [1.54, 1.807) is 19.3 Å². The molecule has 0 aromatic carbocycles. The highest BCUT2D eigenvalue weighted by molar-refractivity contribution is 5.85. The van der Waals surface area contributed by atoms with Gasteiger partial charge in [0, 0.05) is 38.9 Å². The van der Waals surface area contributed by atoms with Gasteiger partial charge < -0.3 is 14.4 Å². The number of likely N-dealkylation sites (N-methyl/N-ethyl adjacent to an activating group) is 1. The van der Waals surface area contributed by atoms with E-state index in [2.05, 4.69) is 20.4 Å². The van der Waals surface area contributed by atoms with Gasteiger partial charge in [-0.2, -0.15) is 4.98 Å². The first-order chi connectivity index (χ1) is 9.65. The third-order valence-corrected chi connectivity index (χ3v) is 3.58. The maximum atomic E-state index is 11.4. The lowest BCUT2D eigenvalue weighted by Gasteiger charge is -2.30. The smallest absolute Gasteiger partial charge is 0.259 e. The lowest BCUT2D eigenvalue weighted by molar-refractivity contribution is 0.190. The standard InChI is InChI=1S/C13H17N5O2.ClH/c1-17-6-5-14-7-10(17)12-15-13(20-16-12)9-3-4-11(19)18(2)8-9;/h3-4,8,10,14H,5-7H2,1-2H3;1H. The first-order valence-corrected chi connectivity index (χ1v) is 6.57. The molecule has 0 saturated carbocycles. The molecule has 0 spiro atoms. The predicted molar refractivity (Wildman–Crippen MR) is 80.5 cm³/mol. The number of halogens is 1. The summed E-state index contributed by atoms with van der Waals surface area (Å²) < 4.78 is 6.81. The lowest BCUT2D eigenvalue weighted by Crippen LogP contribution is -2.44. The van der Waals surface area contributed by atoms with E-state index in [0.717, 1.165) is 25.2 Å². The SMILES string of the molecule is CN1CCNCC1c1noc(-c2ccc(=O)n(C)c2)n1.Cl. The van der Waals surface area contributed by atoms with Crippen molar-refractivity contribution in [3.8, 4) is 11.5 Å². The van der Waals surface area contributed by atoms with E-state index in [9.17, 15) is 4.79 Å². The quantitative estimate of drug-likeness (QED) is 0.867. The van der Waals surface area contributed by atoms with E-state index in [1.165, 1.54) is 10.6 Å². The average molecular weight is 312 g/mol. The molecule has 1 N–H and O–H groups in total. The largest absolute Gasteiger partial charge is 0.334 e. The first-order valence-electron chi connectivity index (χ1n) is 6.57. The fraction of sp³-hybridized carbons (Fsp3) is 0.462. The van der Waals surface area contributed by atoms with Crippen molar-refractivity contribution in [2.24, 2.45) is 7.05 Å². The van der Waals surface area contributed by atoms with Crippen LogP contribution in [0.25, 0.3) is 11.5 Å². The van der Waals surface area contributed by atoms with Gasteiger partial charge in [0.1, 0.15) is 0 Å². The summed E-state index contributed by atoms with van der Waals surface area (Å²) in [6.07, 6.45) is 1.70. The number of nitrogens with one attached hydrogen (secondary N) is 1. The lowest BCUT2D eigenvalue weighted by atomic mass is 10.2. The van der Waals surface area contributed by atoms with E-state index in [4.69, 9.17) is 4.52 Å². The highest BCUT2D eigenvalue weighted by atomic mass is 35.5. The third kappa shape index (κ3) is 3.15. The fourth-order valence-electron chi connectivity index (χ4n) is 2.30. The minimum Gasteiger partial charge on any atom is -0.334 e. The maximum absolute atomic E-state index is 11.4. The van der Waals surface area contributed by atoms with Gasteiger partial charge in [-0.15, -0.1) is 12.4 Å². The van der Waals surface area contributed by atoms with Crippen LogP contribution in [0.1, 0.15) is 11.9 Å². The molecule has 2 aromatic rings. The molecular formula is C13H18ClN5O2. The van der Waals surface area contributed by atoms with Crippen LogP contribution in [0.3, 0.4) is 0 Å². The number of piperazine rings is 1. The molecule has 8 heteroatoms. The van der Waals surface area contributed by atoms with E-state index < -0.39 is 0 Å². The molecule has 7 nitrogen and oxygen atoms in total. The topological polar surface area (TPSA) is 76.2 Å². The molecule has 3 heterocycles. The van der Waals surface area contributed by atoms with Crippen molar-refractivity contribution in [1.29, 1.82) is 0 Å². The molecule has 3 rings (SSSR count). The predicted octanol–water partition coefficient (Wildman–Crippen LogP) is 0.433.